The number of nitrogens with one attached hydrogen (secondary N) is 1. The fraction of sp³-hybridized carbons (Fsp3) is 0.455. The summed E-state index contributed by atoms with van der Waals surface area (Å²) in [5, 5.41) is 3.11. The Bertz CT molecular complexity index is 314. The van der Waals surface area contributed by atoms with Gasteiger partial charge in [-0.05, 0) is 26.0 Å². The second-order valence-corrected chi connectivity index (χ2v) is 3.39. The van der Waals surface area contributed by atoms with Gasteiger partial charge in [-0.3, -0.25) is 15.1 Å². The highest BCUT2D eigenvalue weighted by atomic mass is 16.5. The summed E-state index contributed by atoms with van der Waals surface area (Å²) >= 11 is 0. The van der Waals surface area contributed by atoms with Crippen LogP contribution in [0.15, 0.2) is 24.4 Å². The van der Waals surface area contributed by atoms with E-state index in [4.69, 9.17) is 0 Å². The molecular formula is C11H16N2O2. The molecule has 0 spiro atoms. The van der Waals surface area contributed by atoms with E-state index in [1.807, 2.05) is 25.1 Å². The van der Waals surface area contributed by atoms with Gasteiger partial charge in [-0.15, -0.1) is 0 Å². The minimum absolute atomic E-state index is 0.0281. The number of nitrogens with zero attached hydrogens (tertiary/aromatic N) is 1. The zero-order chi connectivity index (χ0) is 11.3. The first-order valence-electron chi connectivity index (χ1n) is 4.90. The molecule has 0 aliphatic carbocycles. The molecule has 2 atom stereocenters. The molecule has 15 heavy (non-hydrogen) atoms. The normalized spacial score (nSPS) is 14.3. The molecule has 1 heterocycles. The second kappa shape index (κ2) is 5.46. The molecule has 0 aliphatic heterocycles. The maximum absolute atomic E-state index is 11.2. The number of carbonyl (C=O) groups is 1. The zero-order valence-electron chi connectivity index (χ0n) is 9.23. The minimum Gasteiger partial charge on any atom is -0.468 e. The Morgan fingerprint density at radius 2 is 2.20 bits per heavy atom. The average molecular weight is 208 g/mol. The van der Waals surface area contributed by atoms with Gasteiger partial charge in [-0.2, -0.15) is 0 Å². The van der Waals surface area contributed by atoms with Crippen LogP contribution in [0.3, 0.4) is 0 Å². The lowest BCUT2D eigenvalue weighted by Gasteiger charge is -2.17. The van der Waals surface area contributed by atoms with E-state index in [1.165, 1.54) is 7.11 Å². The van der Waals surface area contributed by atoms with Crippen molar-refractivity contribution in [3.8, 4) is 0 Å². The molecule has 4 heteroatoms. The summed E-state index contributed by atoms with van der Waals surface area (Å²) < 4.78 is 4.63. The Labute approximate surface area is 89.7 Å². The predicted octanol–water partition coefficient (Wildman–Crippen LogP) is 1.29. The van der Waals surface area contributed by atoms with Crippen molar-refractivity contribution in [2.75, 3.05) is 7.11 Å². The Balaban J connectivity index is 2.56. The van der Waals surface area contributed by atoms with Gasteiger partial charge in [-0.1, -0.05) is 6.07 Å². The zero-order valence-corrected chi connectivity index (χ0v) is 9.23. The van der Waals surface area contributed by atoms with E-state index in [-0.39, 0.29) is 18.1 Å². The van der Waals surface area contributed by atoms with Crippen LogP contribution in [0.2, 0.25) is 0 Å². The maximum atomic E-state index is 11.2. The third-order valence-electron chi connectivity index (χ3n) is 2.19. The van der Waals surface area contributed by atoms with E-state index in [2.05, 4.69) is 15.0 Å². The van der Waals surface area contributed by atoms with Gasteiger partial charge in [0, 0.05) is 12.2 Å². The van der Waals surface area contributed by atoms with Crippen molar-refractivity contribution in [3.05, 3.63) is 30.1 Å². The fourth-order valence-corrected chi connectivity index (χ4v) is 1.34. The number of carbonyl (C=O) groups excluding carboxylic acids is 1. The number of esters is 1. The Hall–Kier alpha value is -1.42. The molecule has 0 radical (unpaired) electrons. The topological polar surface area (TPSA) is 51.2 Å². The van der Waals surface area contributed by atoms with Crippen LogP contribution in [0.1, 0.15) is 25.6 Å². The van der Waals surface area contributed by atoms with Gasteiger partial charge in [0.15, 0.2) is 0 Å². The molecule has 0 saturated heterocycles. The summed E-state index contributed by atoms with van der Waals surface area (Å²) in [5.74, 6) is -0.266. The highest BCUT2D eigenvalue weighted by Crippen LogP contribution is 2.08. The van der Waals surface area contributed by atoms with Crippen LogP contribution in [-0.4, -0.2) is 24.1 Å². The first-order chi connectivity index (χ1) is 7.15. The molecule has 0 saturated carbocycles. The van der Waals surface area contributed by atoms with E-state index in [0.29, 0.717) is 0 Å². The average Bonchev–Trinajstić information content (AvgIpc) is 2.29. The van der Waals surface area contributed by atoms with Crippen LogP contribution in [0.4, 0.5) is 0 Å². The van der Waals surface area contributed by atoms with Crippen LogP contribution in [-0.2, 0) is 9.53 Å². The lowest BCUT2D eigenvalue weighted by molar-refractivity contribution is -0.142. The van der Waals surface area contributed by atoms with Crippen molar-refractivity contribution < 1.29 is 9.53 Å². The van der Waals surface area contributed by atoms with Gasteiger partial charge < -0.3 is 4.74 Å². The molecule has 82 valence electrons. The summed E-state index contributed by atoms with van der Waals surface area (Å²) in [6.45, 7) is 3.73. The molecule has 1 N–H and O–H groups in total. The van der Waals surface area contributed by atoms with Gasteiger partial charge in [0.2, 0.25) is 0 Å². The van der Waals surface area contributed by atoms with E-state index in [0.717, 1.165) is 5.69 Å². The van der Waals surface area contributed by atoms with Gasteiger partial charge in [0.1, 0.15) is 6.04 Å². The monoisotopic (exact) mass is 208 g/mol. The van der Waals surface area contributed by atoms with Crippen molar-refractivity contribution in [1.82, 2.24) is 10.3 Å². The quantitative estimate of drug-likeness (QED) is 0.758. The van der Waals surface area contributed by atoms with E-state index >= 15 is 0 Å². The lowest BCUT2D eigenvalue weighted by Crippen LogP contribution is -2.36. The minimum atomic E-state index is -0.327. The number of pyridine rings is 1. The van der Waals surface area contributed by atoms with Crippen molar-refractivity contribution in [3.63, 3.8) is 0 Å². The Morgan fingerprint density at radius 3 is 2.73 bits per heavy atom. The molecule has 1 aromatic heterocycles. The molecule has 0 fully saturated rings. The SMILES string of the molecule is COC(=O)[C@H](C)NC(C)c1ccccn1. The molecule has 1 rings (SSSR count). The van der Waals surface area contributed by atoms with Crippen molar-refractivity contribution >= 4 is 5.97 Å². The number of methoxy groups -OCH3 is 1. The Kier molecular flexibility index (Phi) is 4.24. The summed E-state index contributed by atoms with van der Waals surface area (Å²) in [7, 11) is 1.38. The summed E-state index contributed by atoms with van der Waals surface area (Å²) in [6, 6.07) is 5.40. The first kappa shape index (κ1) is 11.7. The summed E-state index contributed by atoms with van der Waals surface area (Å²) in [6.07, 6.45) is 1.73. The number of aromatic nitrogens is 1. The van der Waals surface area contributed by atoms with Gasteiger partial charge in [-0.25, -0.2) is 0 Å². The van der Waals surface area contributed by atoms with Gasteiger partial charge >= 0.3 is 5.97 Å². The summed E-state index contributed by atoms with van der Waals surface area (Å²) in [4.78, 5) is 15.4. The van der Waals surface area contributed by atoms with Gasteiger partial charge in [0.05, 0.1) is 12.8 Å². The molecule has 1 unspecified atom stereocenters. The van der Waals surface area contributed by atoms with Crippen molar-refractivity contribution in [2.45, 2.75) is 25.9 Å². The van der Waals surface area contributed by atoms with E-state index in [9.17, 15) is 4.79 Å². The number of hydrogen-bond acceptors (Lipinski definition) is 4. The molecule has 0 bridgehead atoms. The molecule has 0 aliphatic rings. The maximum Gasteiger partial charge on any atom is 0.322 e. The second-order valence-electron chi connectivity index (χ2n) is 3.39. The largest absolute Gasteiger partial charge is 0.468 e. The van der Waals surface area contributed by atoms with Crippen LogP contribution < -0.4 is 5.32 Å². The predicted molar refractivity (Wildman–Crippen MR) is 57.3 cm³/mol. The molecule has 0 aromatic carbocycles. The standard InChI is InChI=1S/C11H16N2O2/c1-8(10-6-4-5-7-12-10)13-9(2)11(14)15-3/h4-9,13H,1-3H3/t8?,9-/m0/s1. The van der Waals surface area contributed by atoms with E-state index < -0.39 is 0 Å². The number of rotatable bonds is 4. The number of ether oxygens (including phenoxy) is 1. The van der Waals surface area contributed by atoms with Crippen LogP contribution >= 0.6 is 0 Å². The van der Waals surface area contributed by atoms with Crippen LogP contribution in [0.25, 0.3) is 0 Å². The Morgan fingerprint density at radius 1 is 1.47 bits per heavy atom. The number of hydrogen-bond donors (Lipinski definition) is 1. The van der Waals surface area contributed by atoms with Gasteiger partial charge in [0.25, 0.3) is 0 Å². The smallest absolute Gasteiger partial charge is 0.322 e. The van der Waals surface area contributed by atoms with Crippen molar-refractivity contribution in [2.24, 2.45) is 0 Å². The highest BCUT2D eigenvalue weighted by Gasteiger charge is 2.16. The molecule has 4 nitrogen and oxygen atoms in total. The van der Waals surface area contributed by atoms with E-state index in [1.54, 1.807) is 13.1 Å². The highest BCUT2D eigenvalue weighted by molar-refractivity contribution is 5.75. The van der Waals surface area contributed by atoms with Crippen molar-refractivity contribution in [1.29, 1.82) is 0 Å². The summed E-state index contributed by atoms with van der Waals surface area (Å²) in [5.41, 5.74) is 0.910. The molecule has 0 amide bonds. The molecular weight excluding hydrogens is 192 g/mol. The third kappa shape index (κ3) is 3.32. The molecule has 1 aromatic rings. The third-order valence-corrected chi connectivity index (χ3v) is 2.19. The lowest BCUT2D eigenvalue weighted by atomic mass is 10.2. The fourth-order valence-electron chi connectivity index (χ4n) is 1.34. The van der Waals surface area contributed by atoms with Crippen LogP contribution in [0, 0.1) is 0 Å². The van der Waals surface area contributed by atoms with Crippen LogP contribution in [0.5, 0.6) is 0 Å². The first-order valence-corrected chi connectivity index (χ1v) is 4.90.